The van der Waals surface area contributed by atoms with Crippen molar-refractivity contribution in [1.29, 1.82) is 0 Å². The molecule has 0 radical (unpaired) electrons. The van der Waals surface area contributed by atoms with Gasteiger partial charge < -0.3 is 10.1 Å². The number of nitro benzene ring substituents is 1. The molecular weight excluding hydrogens is 284 g/mol. The monoisotopic (exact) mass is 308 g/mol. The first kappa shape index (κ1) is 17.9. The van der Waals surface area contributed by atoms with Crippen LogP contribution in [0.15, 0.2) is 24.3 Å². The molecular formula is C16H24N2O4. The van der Waals surface area contributed by atoms with Crippen LogP contribution in [0.25, 0.3) is 0 Å². The Bertz CT molecular complexity index is 485. The van der Waals surface area contributed by atoms with Gasteiger partial charge in [-0.2, -0.15) is 0 Å². The van der Waals surface area contributed by atoms with Crippen LogP contribution in [-0.2, 0) is 4.79 Å². The smallest absolute Gasteiger partial charge is 0.269 e. The Kier molecular flexibility index (Phi) is 7.36. The number of hydrogen-bond acceptors (Lipinski definition) is 4. The highest BCUT2D eigenvalue weighted by atomic mass is 16.6. The summed E-state index contributed by atoms with van der Waals surface area (Å²) in [4.78, 5) is 21.8. The summed E-state index contributed by atoms with van der Waals surface area (Å²) in [6, 6.07) is 5.78. The van der Waals surface area contributed by atoms with Crippen molar-refractivity contribution in [1.82, 2.24) is 5.32 Å². The van der Waals surface area contributed by atoms with Crippen LogP contribution in [0, 0.1) is 16.0 Å². The van der Waals surface area contributed by atoms with E-state index in [1.807, 2.05) is 6.92 Å². The van der Waals surface area contributed by atoms with Crippen LogP contribution in [0.2, 0.25) is 0 Å². The standard InChI is InChI=1S/C16H24N2O4/c1-12(2)5-4-6-13(3)17-16(19)11-22-15-9-7-14(8-10-15)18(20)21/h7-10,12-13H,4-6,11H2,1-3H3,(H,17,19). The predicted octanol–water partition coefficient (Wildman–Crippen LogP) is 3.30. The zero-order chi connectivity index (χ0) is 16.5. The minimum Gasteiger partial charge on any atom is -0.484 e. The molecule has 0 aliphatic carbocycles. The van der Waals surface area contributed by atoms with Crippen LogP contribution < -0.4 is 10.1 Å². The van der Waals surface area contributed by atoms with E-state index in [1.54, 1.807) is 0 Å². The summed E-state index contributed by atoms with van der Waals surface area (Å²) in [5, 5.41) is 13.4. The number of nitro groups is 1. The highest BCUT2D eigenvalue weighted by molar-refractivity contribution is 5.77. The molecule has 1 rings (SSSR count). The molecule has 6 nitrogen and oxygen atoms in total. The van der Waals surface area contributed by atoms with Crippen molar-refractivity contribution < 1.29 is 14.5 Å². The van der Waals surface area contributed by atoms with Crippen molar-refractivity contribution in [3.8, 4) is 5.75 Å². The molecule has 1 N–H and O–H groups in total. The lowest BCUT2D eigenvalue weighted by Gasteiger charge is -2.14. The molecule has 122 valence electrons. The van der Waals surface area contributed by atoms with Crippen LogP contribution in [0.4, 0.5) is 5.69 Å². The maximum absolute atomic E-state index is 11.8. The Morgan fingerprint density at radius 3 is 2.41 bits per heavy atom. The topological polar surface area (TPSA) is 81.5 Å². The average molecular weight is 308 g/mol. The Morgan fingerprint density at radius 1 is 1.23 bits per heavy atom. The molecule has 22 heavy (non-hydrogen) atoms. The molecule has 1 atom stereocenters. The van der Waals surface area contributed by atoms with Gasteiger partial charge in [-0.05, 0) is 31.4 Å². The number of nitrogens with zero attached hydrogens (tertiary/aromatic N) is 1. The predicted molar refractivity (Wildman–Crippen MR) is 84.9 cm³/mol. The lowest BCUT2D eigenvalue weighted by atomic mass is 10.0. The first-order valence-corrected chi connectivity index (χ1v) is 7.55. The molecule has 0 saturated heterocycles. The minimum absolute atomic E-state index is 0.00410. The summed E-state index contributed by atoms with van der Waals surface area (Å²) in [5.74, 6) is 0.928. The fraction of sp³-hybridized carbons (Fsp3) is 0.562. The summed E-state index contributed by atoms with van der Waals surface area (Å²) in [7, 11) is 0. The third kappa shape index (κ3) is 7.06. The van der Waals surface area contributed by atoms with Crippen LogP contribution in [0.1, 0.15) is 40.0 Å². The number of hydrogen-bond donors (Lipinski definition) is 1. The van der Waals surface area contributed by atoms with Gasteiger partial charge in [0, 0.05) is 18.2 Å². The van der Waals surface area contributed by atoms with Crippen molar-refractivity contribution >= 4 is 11.6 Å². The van der Waals surface area contributed by atoms with Crippen molar-refractivity contribution in [2.24, 2.45) is 5.92 Å². The molecule has 0 heterocycles. The van der Waals surface area contributed by atoms with Gasteiger partial charge in [0.15, 0.2) is 6.61 Å². The fourth-order valence-electron chi connectivity index (χ4n) is 2.03. The summed E-state index contributed by atoms with van der Waals surface area (Å²) in [5.41, 5.74) is -0.00410. The van der Waals surface area contributed by atoms with Gasteiger partial charge in [0.05, 0.1) is 4.92 Å². The van der Waals surface area contributed by atoms with E-state index < -0.39 is 4.92 Å². The van der Waals surface area contributed by atoms with E-state index in [0.717, 1.165) is 19.3 Å². The van der Waals surface area contributed by atoms with Crippen LogP contribution in [0.5, 0.6) is 5.75 Å². The van der Waals surface area contributed by atoms with Gasteiger partial charge >= 0.3 is 0 Å². The first-order valence-electron chi connectivity index (χ1n) is 7.55. The number of benzene rings is 1. The van der Waals surface area contributed by atoms with Gasteiger partial charge in [0.25, 0.3) is 11.6 Å². The molecule has 1 aromatic carbocycles. The number of nitrogens with one attached hydrogen (secondary N) is 1. The van der Waals surface area contributed by atoms with Gasteiger partial charge in [-0.3, -0.25) is 14.9 Å². The Labute approximate surface area is 131 Å². The SMILES string of the molecule is CC(C)CCCC(C)NC(=O)COc1ccc([N+](=O)[O-])cc1. The van der Waals surface area contributed by atoms with Crippen molar-refractivity contribution in [2.75, 3.05) is 6.61 Å². The van der Waals surface area contributed by atoms with Crippen molar-refractivity contribution in [2.45, 2.75) is 46.1 Å². The molecule has 0 aliphatic rings. The minimum atomic E-state index is -0.477. The molecule has 6 heteroatoms. The van der Waals surface area contributed by atoms with Crippen LogP contribution in [-0.4, -0.2) is 23.5 Å². The highest BCUT2D eigenvalue weighted by Gasteiger charge is 2.09. The molecule has 1 amide bonds. The zero-order valence-electron chi connectivity index (χ0n) is 13.4. The normalized spacial score (nSPS) is 12.0. The number of ether oxygens (including phenoxy) is 1. The largest absolute Gasteiger partial charge is 0.484 e. The second-order valence-electron chi connectivity index (χ2n) is 5.83. The third-order valence-corrected chi connectivity index (χ3v) is 3.24. The van der Waals surface area contributed by atoms with Gasteiger partial charge in [0.1, 0.15) is 5.75 Å². The van der Waals surface area contributed by atoms with E-state index in [4.69, 9.17) is 4.74 Å². The van der Waals surface area contributed by atoms with Crippen molar-refractivity contribution in [3.63, 3.8) is 0 Å². The number of rotatable bonds is 9. The van der Waals surface area contributed by atoms with E-state index in [-0.39, 0.29) is 24.2 Å². The molecule has 1 aromatic rings. The highest BCUT2D eigenvalue weighted by Crippen LogP contribution is 2.17. The second-order valence-corrected chi connectivity index (χ2v) is 5.83. The van der Waals surface area contributed by atoms with Gasteiger partial charge in [-0.1, -0.05) is 26.7 Å². The molecule has 0 aromatic heterocycles. The molecule has 0 fully saturated rings. The molecule has 0 saturated carbocycles. The summed E-state index contributed by atoms with van der Waals surface area (Å²) in [6.45, 7) is 6.25. The lowest BCUT2D eigenvalue weighted by Crippen LogP contribution is -2.36. The quantitative estimate of drug-likeness (QED) is 0.560. The van der Waals surface area contributed by atoms with Crippen LogP contribution >= 0.6 is 0 Å². The molecule has 0 spiro atoms. The summed E-state index contributed by atoms with van der Waals surface area (Å²) < 4.78 is 5.31. The molecule has 1 unspecified atom stereocenters. The number of amides is 1. The number of non-ortho nitro benzene ring substituents is 1. The van der Waals surface area contributed by atoms with Gasteiger partial charge in [-0.25, -0.2) is 0 Å². The Hall–Kier alpha value is -2.11. The van der Waals surface area contributed by atoms with Crippen LogP contribution in [0.3, 0.4) is 0 Å². The van der Waals surface area contributed by atoms with Gasteiger partial charge in [0.2, 0.25) is 0 Å². The van der Waals surface area contributed by atoms with E-state index in [0.29, 0.717) is 11.7 Å². The van der Waals surface area contributed by atoms with Gasteiger partial charge in [-0.15, -0.1) is 0 Å². The third-order valence-electron chi connectivity index (χ3n) is 3.24. The maximum atomic E-state index is 11.8. The summed E-state index contributed by atoms with van der Waals surface area (Å²) in [6.07, 6.45) is 3.18. The van der Waals surface area contributed by atoms with Crippen molar-refractivity contribution in [3.05, 3.63) is 34.4 Å². The average Bonchev–Trinajstić information content (AvgIpc) is 2.45. The molecule has 0 bridgehead atoms. The van der Waals surface area contributed by atoms with E-state index in [2.05, 4.69) is 19.2 Å². The first-order chi connectivity index (χ1) is 10.4. The number of carbonyl (C=O) groups excluding carboxylic acids is 1. The molecule has 0 aliphatic heterocycles. The van der Waals surface area contributed by atoms with E-state index in [1.165, 1.54) is 24.3 Å². The maximum Gasteiger partial charge on any atom is 0.269 e. The summed E-state index contributed by atoms with van der Waals surface area (Å²) >= 11 is 0. The fourth-order valence-corrected chi connectivity index (χ4v) is 2.03. The Morgan fingerprint density at radius 2 is 1.86 bits per heavy atom. The Balaban J connectivity index is 2.28. The number of carbonyl (C=O) groups is 1. The zero-order valence-corrected chi connectivity index (χ0v) is 13.4. The van der Waals surface area contributed by atoms with E-state index >= 15 is 0 Å². The second kappa shape index (κ2) is 9.02. The lowest BCUT2D eigenvalue weighted by molar-refractivity contribution is -0.384. The van der Waals surface area contributed by atoms with E-state index in [9.17, 15) is 14.9 Å².